The fourth-order valence-corrected chi connectivity index (χ4v) is 5.21. The van der Waals surface area contributed by atoms with Crippen molar-refractivity contribution in [3.05, 3.63) is 137 Å². The van der Waals surface area contributed by atoms with Crippen LogP contribution in [0.5, 0.6) is 5.75 Å². The molecule has 0 fully saturated rings. The van der Waals surface area contributed by atoms with Crippen molar-refractivity contribution in [1.29, 1.82) is 0 Å². The number of hydrogen-bond acceptors (Lipinski definition) is 4. The van der Waals surface area contributed by atoms with Gasteiger partial charge < -0.3 is 15.4 Å². The van der Waals surface area contributed by atoms with Crippen molar-refractivity contribution < 1.29 is 13.9 Å². The van der Waals surface area contributed by atoms with Gasteiger partial charge in [-0.05, 0) is 65.4 Å². The first-order valence-corrected chi connectivity index (χ1v) is 12.5. The lowest BCUT2D eigenvalue weighted by atomic mass is 9.78. The Hall–Kier alpha value is -4.38. The second kappa shape index (κ2) is 9.94. The van der Waals surface area contributed by atoms with Crippen LogP contribution in [0, 0.1) is 5.82 Å². The van der Waals surface area contributed by atoms with Crippen LogP contribution in [0.2, 0.25) is 0 Å². The number of halogens is 1. The van der Waals surface area contributed by atoms with Crippen LogP contribution in [-0.4, -0.2) is 5.78 Å². The smallest absolute Gasteiger partial charge is 0.163 e. The number of ether oxygens (including phenoxy) is 1. The molecule has 5 heteroatoms. The summed E-state index contributed by atoms with van der Waals surface area (Å²) < 4.78 is 19.5. The fourth-order valence-electron chi connectivity index (χ4n) is 5.21. The lowest BCUT2D eigenvalue weighted by Crippen LogP contribution is -2.26. The van der Waals surface area contributed by atoms with Crippen LogP contribution in [0.3, 0.4) is 0 Å². The number of Topliss-reactive ketones (excluding diaryl/α,β-unsaturated/α-hetero) is 1. The van der Waals surface area contributed by atoms with Crippen molar-refractivity contribution in [2.75, 3.05) is 10.6 Å². The highest BCUT2D eigenvalue weighted by Crippen LogP contribution is 2.44. The number of benzene rings is 4. The summed E-state index contributed by atoms with van der Waals surface area (Å²) in [5.41, 5.74) is 6.63. The first-order valence-electron chi connectivity index (χ1n) is 12.5. The van der Waals surface area contributed by atoms with Gasteiger partial charge in [0.2, 0.25) is 0 Å². The molecule has 4 aromatic rings. The first kappa shape index (κ1) is 23.0. The Morgan fingerprint density at radius 3 is 2.19 bits per heavy atom. The molecular formula is C32H27FN2O2. The van der Waals surface area contributed by atoms with Crippen molar-refractivity contribution in [3.63, 3.8) is 0 Å². The van der Waals surface area contributed by atoms with Crippen LogP contribution in [0.15, 0.2) is 114 Å². The standard InChI is InChI=1S/C32H27FN2O2/c33-25-14-10-22(11-15-25)24-18-29-31(30(36)19-24)32(35-28-9-5-4-8-27(28)34-29)23-12-16-26(17-13-23)37-20-21-6-2-1-3-7-21/h1-17,24,32,34-35H,18-20H2. The predicted molar refractivity (Wildman–Crippen MR) is 144 cm³/mol. The number of carbonyl (C=O) groups is 1. The summed E-state index contributed by atoms with van der Waals surface area (Å²) >= 11 is 0. The van der Waals surface area contributed by atoms with Crippen LogP contribution in [0.25, 0.3) is 0 Å². The summed E-state index contributed by atoms with van der Waals surface area (Å²) in [6, 6.07) is 32.2. The van der Waals surface area contributed by atoms with Crippen molar-refractivity contribution in [2.24, 2.45) is 0 Å². The van der Waals surface area contributed by atoms with E-state index in [-0.39, 0.29) is 23.6 Å². The Balaban J connectivity index is 1.31. The zero-order valence-corrected chi connectivity index (χ0v) is 20.3. The maximum atomic E-state index is 13.7. The van der Waals surface area contributed by atoms with E-state index in [0.717, 1.165) is 45.1 Å². The lowest BCUT2D eigenvalue weighted by molar-refractivity contribution is -0.116. The molecule has 0 radical (unpaired) electrons. The third-order valence-electron chi connectivity index (χ3n) is 7.11. The maximum Gasteiger partial charge on any atom is 0.163 e. The van der Waals surface area contributed by atoms with Crippen LogP contribution >= 0.6 is 0 Å². The summed E-state index contributed by atoms with van der Waals surface area (Å²) in [6.45, 7) is 0.498. The van der Waals surface area contributed by atoms with Crippen LogP contribution < -0.4 is 15.4 Å². The molecule has 2 unspecified atom stereocenters. The second-order valence-electron chi connectivity index (χ2n) is 9.56. The van der Waals surface area contributed by atoms with Crippen LogP contribution in [0.4, 0.5) is 15.8 Å². The molecule has 184 valence electrons. The SMILES string of the molecule is O=C1CC(c2ccc(F)cc2)CC2=C1C(c1ccc(OCc3ccccc3)cc1)Nc1ccccc1N2. The number of rotatable bonds is 5. The molecule has 6 rings (SSSR count). The largest absolute Gasteiger partial charge is 0.489 e. The van der Waals surface area contributed by atoms with Gasteiger partial charge in [-0.3, -0.25) is 4.79 Å². The molecule has 1 aliphatic carbocycles. The van der Waals surface area contributed by atoms with Gasteiger partial charge in [0.25, 0.3) is 0 Å². The van der Waals surface area contributed by atoms with Crippen LogP contribution in [0.1, 0.15) is 41.5 Å². The summed E-state index contributed by atoms with van der Waals surface area (Å²) in [6.07, 6.45) is 1.07. The van der Waals surface area contributed by atoms with Gasteiger partial charge in [0, 0.05) is 17.7 Å². The third kappa shape index (κ3) is 4.85. The number of hydrogen-bond donors (Lipinski definition) is 2. The first-order chi connectivity index (χ1) is 18.1. The lowest BCUT2D eigenvalue weighted by Gasteiger charge is -2.30. The Kier molecular flexibility index (Phi) is 6.19. The number of anilines is 2. The number of para-hydroxylation sites is 2. The predicted octanol–water partition coefficient (Wildman–Crippen LogP) is 7.38. The van der Waals surface area contributed by atoms with Gasteiger partial charge in [0.05, 0.1) is 17.4 Å². The Labute approximate surface area is 215 Å². The molecule has 4 aromatic carbocycles. The second-order valence-corrected chi connectivity index (χ2v) is 9.56. The number of ketones is 1. The van der Waals surface area contributed by atoms with Gasteiger partial charge in [-0.2, -0.15) is 0 Å². The number of fused-ring (bicyclic) bond motifs is 1. The summed E-state index contributed by atoms with van der Waals surface area (Å²) in [7, 11) is 0. The van der Waals surface area contributed by atoms with Gasteiger partial charge in [0.1, 0.15) is 18.2 Å². The molecule has 0 saturated heterocycles. The van der Waals surface area contributed by atoms with E-state index < -0.39 is 0 Å². The zero-order chi connectivity index (χ0) is 25.2. The van der Waals surface area contributed by atoms with E-state index in [2.05, 4.69) is 10.6 Å². The van der Waals surface area contributed by atoms with Gasteiger partial charge in [0.15, 0.2) is 5.78 Å². The summed E-state index contributed by atoms with van der Waals surface area (Å²) in [5, 5.41) is 7.16. The summed E-state index contributed by atoms with van der Waals surface area (Å²) in [4.78, 5) is 13.7. The van der Waals surface area contributed by atoms with E-state index >= 15 is 0 Å². The fraction of sp³-hybridized carbons (Fsp3) is 0.156. The minimum absolute atomic E-state index is 0.000903. The normalized spacial score (nSPS) is 18.7. The monoisotopic (exact) mass is 490 g/mol. The molecule has 0 aromatic heterocycles. The highest BCUT2D eigenvalue weighted by Gasteiger charge is 2.36. The zero-order valence-electron chi connectivity index (χ0n) is 20.3. The van der Waals surface area contributed by atoms with E-state index in [1.54, 1.807) is 12.1 Å². The van der Waals surface area contributed by atoms with Gasteiger partial charge in [-0.25, -0.2) is 4.39 Å². The molecule has 37 heavy (non-hydrogen) atoms. The average Bonchev–Trinajstić information content (AvgIpc) is 3.10. The quantitative estimate of drug-likeness (QED) is 0.306. The maximum absolute atomic E-state index is 13.7. The number of nitrogens with one attached hydrogen (secondary N) is 2. The minimum atomic E-state index is -0.295. The molecule has 2 aliphatic rings. The van der Waals surface area contributed by atoms with Gasteiger partial charge in [-0.15, -0.1) is 0 Å². The molecule has 2 N–H and O–H groups in total. The van der Waals surface area contributed by atoms with E-state index in [1.165, 1.54) is 12.1 Å². The Morgan fingerprint density at radius 1 is 0.757 bits per heavy atom. The van der Waals surface area contributed by atoms with Crippen molar-refractivity contribution in [3.8, 4) is 5.75 Å². The molecule has 2 atom stereocenters. The van der Waals surface area contributed by atoms with E-state index in [9.17, 15) is 9.18 Å². The molecule has 1 aliphatic heterocycles. The minimum Gasteiger partial charge on any atom is -0.489 e. The van der Waals surface area contributed by atoms with Crippen LogP contribution in [-0.2, 0) is 11.4 Å². The van der Waals surface area contributed by atoms with Crippen molar-refractivity contribution in [1.82, 2.24) is 0 Å². The van der Waals surface area contributed by atoms with Gasteiger partial charge >= 0.3 is 0 Å². The van der Waals surface area contributed by atoms with Crippen molar-refractivity contribution >= 4 is 17.2 Å². The van der Waals surface area contributed by atoms with E-state index in [0.29, 0.717) is 19.4 Å². The Morgan fingerprint density at radius 2 is 1.43 bits per heavy atom. The number of carbonyl (C=O) groups excluding carboxylic acids is 1. The van der Waals surface area contributed by atoms with Gasteiger partial charge in [-0.1, -0.05) is 66.7 Å². The molecular weight excluding hydrogens is 463 g/mol. The molecule has 0 saturated carbocycles. The van der Waals surface area contributed by atoms with Crippen molar-refractivity contribution in [2.45, 2.75) is 31.4 Å². The molecule has 0 spiro atoms. The highest BCUT2D eigenvalue weighted by atomic mass is 19.1. The molecule has 1 heterocycles. The molecule has 0 bridgehead atoms. The van der Waals surface area contributed by atoms with E-state index in [4.69, 9.17) is 4.74 Å². The van der Waals surface area contributed by atoms with E-state index in [1.807, 2.05) is 78.9 Å². The topological polar surface area (TPSA) is 50.4 Å². The number of allylic oxidation sites excluding steroid dienone is 1. The highest BCUT2D eigenvalue weighted by molar-refractivity contribution is 6.01. The third-order valence-corrected chi connectivity index (χ3v) is 7.11. The molecule has 0 amide bonds. The Bertz CT molecular complexity index is 1450. The summed E-state index contributed by atoms with van der Waals surface area (Å²) in [5.74, 6) is 0.602. The average molecular weight is 491 g/mol. The molecule has 4 nitrogen and oxygen atoms in total.